The van der Waals surface area contributed by atoms with Crippen molar-refractivity contribution in [1.29, 1.82) is 0 Å². The molecule has 0 saturated heterocycles. The molecule has 0 aromatic carbocycles. The molecule has 0 saturated carbocycles. The Bertz CT molecular complexity index is 333. The smallest absolute Gasteiger partial charge is 0.188 e. The van der Waals surface area contributed by atoms with Crippen LogP contribution in [0.4, 0.5) is 22.0 Å². The standard InChI is InChI=1S/C6H3F5O2S/c7-1-3(9)5(11)6(14(12)13)4(10)2-8/h1-2H,(H,12,13)/p-1/b3-1-,4-2-,6-5-. The molecule has 8 heteroatoms. The molecule has 1 atom stereocenters. The maximum atomic E-state index is 12.5. The Morgan fingerprint density at radius 3 is 1.79 bits per heavy atom. The first-order valence-corrected chi connectivity index (χ1v) is 3.94. The number of allylic oxidation sites excluding steroid dienone is 3. The molecule has 2 nitrogen and oxygen atoms in total. The summed E-state index contributed by atoms with van der Waals surface area (Å²) in [4.78, 5) is -1.92. The highest BCUT2D eigenvalue weighted by atomic mass is 32.2. The minimum Gasteiger partial charge on any atom is -0.768 e. The van der Waals surface area contributed by atoms with Crippen LogP contribution in [-0.2, 0) is 11.1 Å². The van der Waals surface area contributed by atoms with Gasteiger partial charge in [0.15, 0.2) is 17.5 Å². The van der Waals surface area contributed by atoms with E-state index in [1.807, 2.05) is 0 Å². The molecule has 0 N–H and O–H groups in total. The van der Waals surface area contributed by atoms with Crippen molar-refractivity contribution >= 4 is 11.1 Å². The van der Waals surface area contributed by atoms with Crippen molar-refractivity contribution < 1.29 is 30.7 Å². The molecule has 0 fully saturated rings. The zero-order chi connectivity index (χ0) is 11.3. The van der Waals surface area contributed by atoms with E-state index in [1.165, 1.54) is 0 Å². The molecular formula is C6H2F5O2S-. The van der Waals surface area contributed by atoms with Gasteiger partial charge in [-0.1, -0.05) is 0 Å². The lowest BCUT2D eigenvalue weighted by Gasteiger charge is -2.08. The van der Waals surface area contributed by atoms with Gasteiger partial charge >= 0.3 is 0 Å². The minimum absolute atomic E-state index is 0.893. The molecule has 0 aliphatic heterocycles. The predicted octanol–water partition coefficient (Wildman–Crippen LogP) is 2.61. The van der Waals surface area contributed by atoms with Crippen LogP contribution in [0, 0.1) is 0 Å². The van der Waals surface area contributed by atoms with Crippen molar-refractivity contribution in [3.63, 3.8) is 0 Å². The average Bonchev–Trinajstić information content (AvgIpc) is 2.15. The quantitative estimate of drug-likeness (QED) is 0.427. The van der Waals surface area contributed by atoms with Gasteiger partial charge in [0.1, 0.15) is 17.6 Å². The fraction of sp³-hybridized carbons (Fsp3) is 0. The summed E-state index contributed by atoms with van der Waals surface area (Å²) >= 11 is -3.56. The van der Waals surface area contributed by atoms with Crippen LogP contribution >= 0.6 is 0 Å². The fourth-order valence-corrected chi connectivity index (χ4v) is 0.911. The average molecular weight is 233 g/mol. The van der Waals surface area contributed by atoms with Crippen LogP contribution in [0.3, 0.4) is 0 Å². The van der Waals surface area contributed by atoms with E-state index in [0.29, 0.717) is 0 Å². The highest BCUT2D eigenvalue weighted by molar-refractivity contribution is 7.83. The molecule has 0 spiro atoms. The molecule has 0 amide bonds. The van der Waals surface area contributed by atoms with E-state index >= 15 is 0 Å². The second-order valence-electron chi connectivity index (χ2n) is 1.79. The Balaban J connectivity index is 5.51. The highest BCUT2D eigenvalue weighted by Crippen LogP contribution is 2.26. The lowest BCUT2D eigenvalue weighted by Crippen LogP contribution is -1.98. The number of rotatable bonds is 3. The Morgan fingerprint density at radius 2 is 1.50 bits per heavy atom. The van der Waals surface area contributed by atoms with Crippen molar-refractivity contribution in [3.05, 3.63) is 35.0 Å². The molecule has 0 bridgehead atoms. The second kappa shape index (κ2) is 5.66. The summed E-state index contributed by atoms with van der Waals surface area (Å²) in [7, 11) is 0. The van der Waals surface area contributed by atoms with Crippen molar-refractivity contribution in [2.75, 3.05) is 0 Å². The van der Waals surface area contributed by atoms with Crippen molar-refractivity contribution in [3.8, 4) is 0 Å². The third-order valence-corrected chi connectivity index (χ3v) is 1.69. The summed E-state index contributed by atoms with van der Waals surface area (Å²) < 4.78 is 79.9. The third kappa shape index (κ3) is 3.04. The van der Waals surface area contributed by atoms with E-state index in [-0.39, 0.29) is 0 Å². The molecule has 0 aliphatic rings. The van der Waals surface area contributed by atoms with Gasteiger partial charge in [-0.05, 0) is 11.1 Å². The molecule has 0 aliphatic carbocycles. The van der Waals surface area contributed by atoms with Gasteiger partial charge in [0.05, 0.1) is 0 Å². The monoisotopic (exact) mass is 233 g/mol. The molecule has 0 radical (unpaired) electrons. The Labute approximate surface area is 77.7 Å². The topological polar surface area (TPSA) is 40.1 Å². The predicted molar refractivity (Wildman–Crippen MR) is 37.7 cm³/mol. The van der Waals surface area contributed by atoms with Gasteiger partial charge in [-0.15, -0.1) is 0 Å². The number of hydrogen-bond donors (Lipinski definition) is 0. The maximum absolute atomic E-state index is 12.5. The van der Waals surface area contributed by atoms with E-state index < -0.39 is 46.1 Å². The zero-order valence-corrected chi connectivity index (χ0v) is 7.09. The van der Waals surface area contributed by atoms with E-state index in [9.17, 15) is 30.7 Å². The summed E-state index contributed by atoms with van der Waals surface area (Å²) in [5.74, 6) is -6.75. The first-order chi connectivity index (χ1) is 6.45. The van der Waals surface area contributed by atoms with Crippen LogP contribution < -0.4 is 0 Å². The highest BCUT2D eigenvalue weighted by Gasteiger charge is 2.17. The molecule has 0 aromatic heterocycles. The van der Waals surface area contributed by atoms with Crippen molar-refractivity contribution in [1.82, 2.24) is 0 Å². The normalized spacial score (nSPS) is 17.9. The molecular weight excluding hydrogens is 231 g/mol. The zero-order valence-electron chi connectivity index (χ0n) is 6.27. The van der Waals surface area contributed by atoms with Crippen LogP contribution in [0.15, 0.2) is 35.0 Å². The number of halogens is 5. The van der Waals surface area contributed by atoms with E-state index in [4.69, 9.17) is 0 Å². The lowest BCUT2D eigenvalue weighted by molar-refractivity contribution is 0.500. The summed E-state index contributed by atoms with van der Waals surface area (Å²) in [5.41, 5.74) is 0. The van der Waals surface area contributed by atoms with Crippen LogP contribution in [0.25, 0.3) is 0 Å². The Hall–Kier alpha value is -1.02. The summed E-state index contributed by atoms with van der Waals surface area (Å²) in [6.45, 7) is 0. The van der Waals surface area contributed by atoms with Gasteiger partial charge < -0.3 is 4.55 Å². The first-order valence-electron chi connectivity index (χ1n) is 2.87. The van der Waals surface area contributed by atoms with Crippen LogP contribution in [0.2, 0.25) is 0 Å². The van der Waals surface area contributed by atoms with E-state index in [1.54, 1.807) is 0 Å². The third-order valence-electron chi connectivity index (χ3n) is 0.984. The Morgan fingerprint density at radius 1 is 1.07 bits per heavy atom. The van der Waals surface area contributed by atoms with Crippen molar-refractivity contribution in [2.24, 2.45) is 0 Å². The second-order valence-corrected chi connectivity index (χ2v) is 2.67. The van der Waals surface area contributed by atoms with Crippen molar-refractivity contribution in [2.45, 2.75) is 0 Å². The first kappa shape index (κ1) is 13.0. The van der Waals surface area contributed by atoms with E-state index in [2.05, 4.69) is 0 Å². The van der Waals surface area contributed by atoms with Gasteiger partial charge in [-0.2, -0.15) is 0 Å². The SMILES string of the molecule is O=S([O-])C(/C(F)=C/F)=C(F)/C(F)=C/F. The van der Waals surface area contributed by atoms with Crippen LogP contribution in [0.1, 0.15) is 0 Å². The maximum Gasteiger partial charge on any atom is 0.188 e. The minimum atomic E-state index is -3.56. The molecule has 1 unspecified atom stereocenters. The molecule has 80 valence electrons. The molecule has 14 heavy (non-hydrogen) atoms. The summed E-state index contributed by atoms with van der Waals surface area (Å²) in [6, 6.07) is 0. The molecule has 0 aromatic rings. The van der Waals surface area contributed by atoms with Gasteiger partial charge in [-0.25, -0.2) is 22.0 Å². The van der Waals surface area contributed by atoms with Crippen LogP contribution in [0.5, 0.6) is 0 Å². The fourth-order valence-electron chi connectivity index (χ4n) is 0.464. The number of hydrogen-bond acceptors (Lipinski definition) is 2. The van der Waals surface area contributed by atoms with Crippen LogP contribution in [-0.4, -0.2) is 8.76 Å². The van der Waals surface area contributed by atoms with Gasteiger partial charge in [-0.3, -0.25) is 4.21 Å². The van der Waals surface area contributed by atoms with Gasteiger partial charge in [0.25, 0.3) is 0 Å². The molecule has 0 heterocycles. The van der Waals surface area contributed by atoms with Gasteiger partial charge in [0.2, 0.25) is 0 Å². The summed E-state index contributed by atoms with van der Waals surface area (Å²) in [5, 5.41) is 0. The van der Waals surface area contributed by atoms with Gasteiger partial charge in [0, 0.05) is 0 Å². The largest absolute Gasteiger partial charge is 0.768 e. The molecule has 0 rings (SSSR count). The lowest BCUT2D eigenvalue weighted by atomic mass is 10.4. The van der Waals surface area contributed by atoms with E-state index in [0.717, 1.165) is 0 Å². The summed E-state index contributed by atoms with van der Waals surface area (Å²) in [6.07, 6.45) is -1.82. The Kier molecular flexibility index (Phi) is 5.24.